The van der Waals surface area contributed by atoms with Crippen molar-refractivity contribution in [2.45, 2.75) is 54.9 Å². The van der Waals surface area contributed by atoms with Crippen LogP contribution in [0.3, 0.4) is 0 Å². The van der Waals surface area contributed by atoms with Crippen LogP contribution in [0, 0.1) is 10.8 Å². The third-order valence-corrected chi connectivity index (χ3v) is 2.34. The summed E-state index contributed by atoms with van der Waals surface area (Å²) in [6.07, 6.45) is 5.29. The van der Waals surface area contributed by atoms with E-state index >= 15 is 0 Å². The van der Waals surface area contributed by atoms with E-state index in [-0.39, 0.29) is 5.41 Å². The zero-order valence-corrected chi connectivity index (χ0v) is 11.4. The van der Waals surface area contributed by atoms with E-state index in [4.69, 9.17) is 5.73 Å². The normalized spacial score (nSPS) is 15.7. The van der Waals surface area contributed by atoms with Crippen molar-refractivity contribution in [2.75, 3.05) is 0 Å². The summed E-state index contributed by atoms with van der Waals surface area (Å²) in [6, 6.07) is 0. The van der Waals surface area contributed by atoms with E-state index in [9.17, 15) is 0 Å². The highest BCUT2D eigenvalue weighted by Crippen LogP contribution is 2.30. The first-order valence-electron chi connectivity index (χ1n) is 5.71. The molecule has 0 rings (SSSR count). The lowest BCUT2D eigenvalue weighted by molar-refractivity contribution is 0.418. The molecule has 0 unspecified atom stereocenters. The third kappa shape index (κ3) is 5.66. The Labute approximate surface area is 95.4 Å². The van der Waals surface area contributed by atoms with Gasteiger partial charge in [0.1, 0.15) is 0 Å². The maximum absolute atomic E-state index is 6.11. The zero-order valence-electron chi connectivity index (χ0n) is 11.4. The minimum atomic E-state index is 0.132. The van der Waals surface area contributed by atoms with Gasteiger partial charge < -0.3 is 5.73 Å². The molecule has 0 radical (unpaired) electrons. The SMILES string of the molecule is C/C=C(\C(N)=C/CC(C)(C)C)C(C)(C)C. The fourth-order valence-electron chi connectivity index (χ4n) is 1.56. The van der Waals surface area contributed by atoms with Crippen molar-refractivity contribution in [3.05, 3.63) is 23.4 Å². The lowest BCUT2D eigenvalue weighted by Crippen LogP contribution is -2.16. The molecule has 0 amide bonds. The quantitative estimate of drug-likeness (QED) is 0.676. The summed E-state index contributed by atoms with van der Waals surface area (Å²) in [5.41, 5.74) is 8.73. The second-order valence-corrected chi connectivity index (χ2v) is 6.38. The molecule has 0 bridgehead atoms. The second-order valence-electron chi connectivity index (χ2n) is 6.38. The number of rotatable bonds is 2. The molecule has 88 valence electrons. The predicted molar refractivity (Wildman–Crippen MR) is 69.6 cm³/mol. The van der Waals surface area contributed by atoms with Gasteiger partial charge in [-0.05, 0) is 29.7 Å². The lowest BCUT2D eigenvalue weighted by atomic mass is 9.83. The van der Waals surface area contributed by atoms with Gasteiger partial charge in [-0.1, -0.05) is 53.7 Å². The molecule has 15 heavy (non-hydrogen) atoms. The minimum Gasteiger partial charge on any atom is -0.399 e. The molecule has 0 aliphatic rings. The molecule has 0 fully saturated rings. The van der Waals surface area contributed by atoms with Crippen LogP contribution in [-0.4, -0.2) is 0 Å². The average Bonchev–Trinajstić information content (AvgIpc) is 1.98. The second kappa shape index (κ2) is 4.87. The van der Waals surface area contributed by atoms with Crippen molar-refractivity contribution < 1.29 is 0 Å². The molecule has 0 aromatic rings. The number of nitrogens with two attached hydrogens (primary N) is 1. The summed E-state index contributed by atoms with van der Waals surface area (Å²) in [4.78, 5) is 0. The Morgan fingerprint density at radius 3 is 1.80 bits per heavy atom. The number of allylic oxidation sites excluding steroid dienone is 3. The highest BCUT2D eigenvalue weighted by Gasteiger charge is 2.18. The van der Waals surface area contributed by atoms with Crippen LogP contribution in [0.2, 0.25) is 0 Å². The van der Waals surface area contributed by atoms with Crippen LogP contribution in [0.25, 0.3) is 0 Å². The Balaban J connectivity index is 4.77. The Bertz CT molecular complexity index is 256. The molecular formula is C14H27N. The zero-order chi connectivity index (χ0) is 12.3. The molecule has 0 saturated carbocycles. The maximum Gasteiger partial charge on any atom is 0.0308 e. The molecule has 1 nitrogen and oxygen atoms in total. The van der Waals surface area contributed by atoms with Crippen LogP contribution in [0.4, 0.5) is 0 Å². The van der Waals surface area contributed by atoms with Crippen LogP contribution < -0.4 is 5.73 Å². The first kappa shape index (κ1) is 14.3. The summed E-state index contributed by atoms with van der Waals surface area (Å²) in [7, 11) is 0. The molecule has 0 aromatic heterocycles. The van der Waals surface area contributed by atoms with Gasteiger partial charge in [0.25, 0.3) is 0 Å². The topological polar surface area (TPSA) is 26.0 Å². The van der Waals surface area contributed by atoms with Gasteiger partial charge in [-0.3, -0.25) is 0 Å². The van der Waals surface area contributed by atoms with E-state index in [0.717, 1.165) is 12.1 Å². The van der Waals surface area contributed by atoms with Gasteiger partial charge in [-0.2, -0.15) is 0 Å². The molecule has 0 aromatic carbocycles. The van der Waals surface area contributed by atoms with E-state index in [1.54, 1.807) is 0 Å². The summed E-state index contributed by atoms with van der Waals surface area (Å²) >= 11 is 0. The van der Waals surface area contributed by atoms with Crippen LogP contribution in [-0.2, 0) is 0 Å². The monoisotopic (exact) mass is 209 g/mol. The van der Waals surface area contributed by atoms with Crippen LogP contribution in [0.5, 0.6) is 0 Å². The summed E-state index contributed by atoms with van der Waals surface area (Å²) in [6.45, 7) is 15.3. The molecule has 1 heteroatoms. The summed E-state index contributed by atoms with van der Waals surface area (Å²) in [5.74, 6) is 0. The predicted octanol–water partition coefficient (Wildman–Crippen LogP) is 4.26. The van der Waals surface area contributed by atoms with Gasteiger partial charge in [-0.15, -0.1) is 0 Å². The molecule has 0 spiro atoms. The average molecular weight is 209 g/mol. The molecular weight excluding hydrogens is 182 g/mol. The Hall–Kier alpha value is -0.720. The van der Waals surface area contributed by atoms with Gasteiger partial charge in [0.2, 0.25) is 0 Å². The van der Waals surface area contributed by atoms with Crippen molar-refractivity contribution in [1.29, 1.82) is 0 Å². The fraction of sp³-hybridized carbons (Fsp3) is 0.714. The van der Waals surface area contributed by atoms with Crippen LogP contribution in [0.1, 0.15) is 54.9 Å². The standard InChI is InChI=1S/C14H27N/c1-8-11(14(5,6)7)12(15)9-10-13(2,3)4/h8-9H,10,15H2,1-7H3/b11-8+,12-9+. The lowest BCUT2D eigenvalue weighted by Gasteiger charge is -2.24. The summed E-state index contributed by atoms with van der Waals surface area (Å²) in [5, 5.41) is 0. The minimum absolute atomic E-state index is 0.132. The van der Waals surface area contributed by atoms with Crippen molar-refractivity contribution in [3.63, 3.8) is 0 Å². The first-order chi connectivity index (χ1) is 6.58. The largest absolute Gasteiger partial charge is 0.399 e. The van der Waals surface area contributed by atoms with E-state index in [1.165, 1.54) is 5.57 Å². The Morgan fingerprint density at radius 1 is 1.07 bits per heavy atom. The smallest absolute Gasteiger partial charge is 0.0308 e. The van der Waals surface area contributed by atoms with E-state index in [0.29, 0.717) is 5.41 Å². The highest BCUT2D eigenvalue weighted by atomic mass is 14.6. The Morgan fingerprint density at radius 2 is 1.53 bits per heavy atom. The van der Waals surface area contributed by atoms with Crippen molar-refractivity contribution in [3.8, 4) is 0 Å². The molecule has 0 heterocycles. The third-order valence-electron chi connectivity index (χ3n) is 2.34. The first-order valence-corrected chi connectivity index (χ1v) is 5.71. The Kier molecular flexibility index (Phi) is 4.64. The van der Waals surface area contributed by atoms with Crippen LogP contribution >= 0.6 is 0 Å². The molecule has 2 N–H and O–H groups in total. The van der Waals surface area contributed by atoms with Gasteiger partial charge in [-0.25, -0.2) is 0 Å². The number of hydrogen-bond donors (Lipinski definition) is 1. The summed E-state index contributed by atoms with van der Waals surface area (Å²) < 4.78 is 0. The van der Waals surface area contributed by atoms with Gasteiger partial charge in [0, 0.05) is 5.70 Å². The van der Waals surface area contributed by atoms with Gasteiger partial charge in [0.05, 0.1) is 0 Å². The van der Waals surface area contributed by atoms with Crippen molar-refractivity contribution in [1.82, 2.24) is 0 Å². The van der Waals surface area contributed by atoms with Crippen molar-refractivity contribution >= 4 is 0 Å². The molecule has 0 atom stereocenters. The highest BCUT2D eigenvalue weighted by molar-refractivity contribution is 5.32. The molecule has 0 aliphatic heterocycles. The van der Waals surface area contributed by atoms with E-state index in [1.807, 2.05) is 0 Å². The van der Waals surface area contributed by atoms with E-state index < -0.39 is 0 Å². The molecule has 0 saturated heterocycles. The van der Waals surface area contributed by atoms with Crippen molar-refractivity contribution in [2.24, 2.45) is 16.6 Å². The van der Waals surface area contributed by atoms with E-state index in [2.05, 4.69) is 60.6 Å². The number of hydrogen-bond acceptors (Lipinski definition) is 1. The van der Waals surface area contributed by atoms with Gasteiger partial charge in [0.15, 0.2) is 0 Å². The fourth-order valence-corrected chi connectivity index (χ4v) is 1.56. The van der Waals surface area contributed by atoms with Gasteiger partial charge >= 0.3 is 0 Å². The van der Waals surface area contributed by atoms with Crippen LogP contribution in [0.15, 0.2) is 23.4 Å². The molecule has 0 aliphatic carbocycles. The maximum atomic E-state index is 6.11.